The summed E-state index contributed by atoms with van der Waals surface area (Å²) < 4.78 is 30.0. The third-order valence-electron chi connectivity index (χ3n) is 4.69. The second kappa shape index (κ2) is 9.26. The quantitative estimate of drug-likeness (QED) is 0.372. The SMILES string of the molecule is CCN(CC)S(=O)(=O)/N=C(\Cl)N1CC(c2ccccc2)C(c2ccc(Cl)cc2)=N1. The van der Waals surface area contributed by atoms with Gasteiger partial charge >= 0.3 is 10.2 Å². The minimum absolute atomic E-state index is 0.0857. The number of rotatable bonds is 6. The Morgan fingerprint density at radius 3 is 2.34 bits per heavy atom. The largest absolute Gasteiger partial charge is 0.325 e. The Morgan fingerprint density at radius 2 is 1.76 bits per heavy atom. The number of hydrogen-bond acceptors (Lipinski definition) is 3. The summed E-state index contributed by atoms with van der Waals surface area (Å²) in [5, 5.41) is 6.49. The summed E-state index contributed by atoms with van der Waals surface area (Å²) in [6.45, 7) is 4.53. The van der Waals surface area contributed by atoms with Gasteiger partial charge in [0.25, 0.3) is 0 Å². The van der Waals surface area contributed by atoms with Crippen molar-refractivity contribution in [2.75, 3.05) is 19.6 Å². The van der Waals surface area contributed by atoms with Crippen LogP contribution in [0, 0.1) is 0 Å². The van der Waals surface area contributed by atoms with Crippen LogP contribution in [-0.4, -0.2) is 48.4 Å². The maximum atomic E-state index is 12.5. The molecule has 2 aromatic rings. The second-order valence-electron chi connectivity index (χ2n) is 6.46. The average Bonchev–Trinajstić information content (AvgIpc) is 3.15. The summed E-state index contributed by atoms with van der Waals surface area (Å²) in [6, 6.07) is 17.2. The van der Waals surface area contributed by atoms with E-state index in [2.05, 4.69) is 9.50 Å². The molecule has 1 heterocycles. The molecule has 0 bridgehead atoms. The first-order valence-electron chi connectivity index (χ1n) is 9.28. The van der Waals surface area contributed by atoms with Crippen molar-refractivity contribution >= 4 is 44.4 Å². The molecule has 0 saturated heterocycles. The van der Waals surface area contributed by atoms with Crippen LogP contribution >= 0.6 is 23.2 Å². The average molecular weight is 453 g/mol. The number of hydrazone groups is 1. The van der Waals surface area contributed by atoms with Gasteiger partial charge in [-0.2, -0.15) is 17.8 Å². The standard InChI is InChI=1S/C20H22Cl2N4O2S/c1-3-25(4-2)29(27,28)24-20(22)26-14-18(15-8-6-5-7-9-15)19(23-26)16-10-12-17(21)13-11-16/h5-13,18H,3-4,14H2,1-2H3/b24-20+. The fraction of sp³-hybridized carbons (Fsp3) is 0.300. The minimum Gasteiger partial charge on any atom is -0.236 e. The third-order valence-corrected chi connectivity index (χ3v) is 6.90. The van der Waals surface area contributed by atoms with E-state index in [1.54, 1.807) is 26.0 Å². The normalized spacial score (nSPS) is 17.7. The van der Waals surface area contributed by atoms with E-state index in [1.807, 2.05) is 42.5 Å². The Kier molecular flexibility index (Phi) is 6.95. The molecule has 154 valence electrons. The molecule has 0 N–H and O–H groups in total. The highest BCUT2D eigenvalue weighted by molar-refractivity contribution is 7.88. The number of amidine groups is 1. The van der Waals surface area contributed by atoms with E-state index < -0.39 is 10.2 Å². The van der Waals surface area contributed by atoms with E-state index >= 15 is 0 Å². The van der Waals surface area contributed by atoms with Crippen LogP contribution < -0.4 is 0 Å². The van der Waals surface area contributed by atoms with Crippen LogP contribution in [0.5, 0.6) is 0 Å². The summed E-state index contributed by atoms with van der Waals surface area (Å²) in [7, 11) is -3.87. The van der Waals surface area contributed by atoms with Gasteiger partial charge in [0.15, 0.2) is 0 Å². The Bertz CT molecular complexity index is 1000. The summed E-state index contributed by atoms with van der Waals surface area (Å²) in [6.07, 6.45) is 0. The lowest BCUT2D eigenvalue weighted by Gasteiger charge is -2.17. The van der Waals surface area contributed by atoms with Crippen molar-refractivity contribution in [1.29, 1.82) is 0 Å². The van der Waals surface area contributed by atoms with Crippen LogP contribution in [0.4, 0.5) is 0 Å². The highest BCUT2D eigenvalue weighted by Gasteiger charge is 2.32. The van der Waals surface area contributed by atoms with Gasteiger partial charge in [-0.3, -0.25) is 0 Å². The van der Waals surface area contributed by atoms with Crippen molar-refractivity contribution < 1.29 is 8.42 Å². The third kappa shape index (κ3) is 4.98. The molecular weight excluding hydrogens is 431 g/mol. The molecule has 1 unspecified atom stereocenters. The van der Waals surface area contributed by atoms with Gasteiger partial charge < -0.3 is 0 Å². The first kappa shape index (κ1) is 21.8. The Balaban J connectivity index is 1.98. The Hall–Kier alpha value is -1.93. The monoisotopic (exact) mass is 452 g/mol. The summed E-state index contributed by atoms with van der Waals surface area (Å²) in [5.41, 5.74) is 2.73. The van der Waals surface area contributed by atoms with E-state index in [0.29, 0.717) is 24.7 Å². The molecule has 2 aromatic carbocycles. The first-order chi connectivity index (χ1) is 13.9. The molecule has 1 aliphatic rings. The maximum absolute atomic E-state index is 12.5. The van der Waals surface area contributed by atoms with Crippen molar-refractivity contribution in [3.8, 4) is 0 Å². The van der Waals surface area contributed by atoms with E-state index in [1.165, 1.54) is 9.31 Å². The lowest BCUT2D eigenvalue weighted by atomic mass is 9.91. The zero-order valence-electron chi connectivity index (χ0n) is 16.2. The van der Waals surface area contributed by atoms with Gasteiger partial charge in [0, 0.05) is 24.0 Å². The first-order valence-corrected chi connectivity index (χ1v) is 11.4. The highest BCUT2D eigenvalue weighted by Crippen LogP contribution is 2.30. The highest BCUT2D eigenvalue weighted by atomic mass is 35.5. The van der Waals surface area contributed by atoms with Gasteiger partial charge in [-0.05, 0) is 34.9 Å². The minimum atomic E-state index is -3.87. The van der Waals surface area contributed by atoms with Gasteiger partial charge in [-0.1, -0.05) is 67.9 Å². The molecule has 0 fully saturated rings. The number of benzene rings is 2. The number of nitrogens with zero attached hydrogens (tertiary/aromatic N) is 4. The van der Waals surface area contributed by atoms with Gasteiger partial charge in [-0.15, -0.1) is 4.40 Å². The molecule has 6 nitrogen and oxygen atoms in total. The second-order valence-corrected chi connectivity index (χ2v) is 8.83. The van der Waals surface area contributed by atoms with Crippen LogP contribution in [0.15, 0.2) is 64.1 Å². The summed E-state index contributed by atoms with van der Waals surface area (Å²) in [4.78, 5) is 0. The van der Waals surface area contributed by atoms with Gasteiger partial charge in [-0.25, -0.2) is 5.01 Å². The van der Waals surface area contributed by atoms with Crippen LogP contribution in [0.25, 0.3) is 0 Å². The molecule has 29 heavy (non-hydrogen) atoms. The zero-order chi connectivity index (χ0) is 21.0. The molecule has 0 saturated carbocycles. The van der Waals surface area contributed by atoms with E-state index in [4.69, 9.17) is 23.2 Å². The smallest absolute Gasteiger partial charge is 0.236 e. The molecular formula is C20H22Cl2N4O2S. The topological polar surface area (TPSA) is 65.3 Å². The van der Waals surface area contributed by atoms with Gasteiger partial charge in [0.05, 0.1) is 12.3 Å². The van der Waals surface area contributed by atoms with Crippen LogP contribution in [-0.2, 0) is 10.2 Å². The van der Waals surface area contributed by atoms with Crippen LogP contribution in [0.2, 0.25) is 5.02 Å². The lowest BCUT2D eigenvalue weighted by Crippen LogP contribution is -2.31. The van der Waals surface area contributed by atoms with Crippen LogP contribution in [0.3, 0.4) is 0 Å². The fourth-order valence-electron chi connectivity index (χ4n) is 3.19. The molecule has 0 radical (unpaired) electrons. The van der Waals surface area contributed by atoms with E-state index in [-0.39, 0.29) is 11.2 Å². The van der Waals surface area contributed by atoms with E-state index in [0.717, 1.165) is 16.8 Å². The van der Waals surface area contributed by atoms with Crippen molar-refractivity contribution in [2.45, 2.75) is 19.8 Å². The molecule has 1 aliphatic heterocycles. The van der Waals surface area contributed by atoms with Gasteiger partial charge in [0.1, 0.15) is 0 Å². The molecule has 0 aromatic heterocycles. The van der Waals surface area contributed by atoms with Crippen molar-refractivity contribution in [2.24, 2.45) is 9.50 Å². The van der Waals surface area contributed by atoms with Crippen molar-refractivity contribution in [1.82, 2.24) is 9.31 Å². The Labute approximate surface area is 181 Å². The van der Waals surface area contributed by atoms with Crippen molar-refractivity contribution in [3.63, 3.8) is 0 Å². The zero-order valence-corrected chi connectivity index (χ0v) is 18.5. The molecule has 0 amide bonds. The fourth-order valence-corrected chi connectivity index (χ4v) is 4.74. The number of halogens is 2. The summed E-state index contributed by atoms with van der Waals surface area (Å²) in [5.74, 6) is -0.0857. The lowest BCUT2D eigenvalue weighted by molar-refractivity contribution is 0.443. The molecule has 3 rings (SSSR count). The Morgan fingerprint density at radius 1 is 1.14 bits per heavy atom. The van der Waals surface area contributed by atoms with Crippen LogP contribution in [0.1, 0.15) is 30.9 Å². The van der Waals surface area contributed by atoms with E-state index in [9.17, 15) is 8.42 Å². The predicted molar refractivity (Wildman–Crippen MR) is 119 cm³/mol. The molecule has 0 spiro atoms. The summed E-state index contributed by atoms with van der Waals surface area (Å²) >= 11 is 12.3. The molecule has 0 aliphatic carbocycles. The predicted octanol–water partition coefficient (Wildman–Crippen LogP) is 4.32. The van der Waals surface area contributed by atoms with Gasteiger partial charge in [0.2, 0.25) is 5.29 Å². The number of hydrogen-bond donors (Lipinski definition) is 0. The van der Waals surface area contributed by atoms with Crippen molar-refractivity contribution in [3.05, 3.63) is 70.7 Å². The molecule has 9 heteroatoms. The molecule has 1 atom stereocenters. The maximum Gasteiger partial charge on any atom is 0.325 e.